The molecule has 0 amide bonds. The standard InChI is InChI=1S/C46H30N10/c47-40-34-24-14-26-50-44(34)55(45-51-35(29-15-5-1-6-16-29)27-36(52-45)30-17-7-2-8-18-30)41(40)39-33-23-13-25-49-43(33)56(42(39)48)46-53-37(31-19-9-3-10-20-31)28-38(54-46)32-21-11-4-12-22-32/h1-28,47-48H/b41-39+,47-40?,48-42?. The van der Waals surface area contributed by atoms with Gasteiger partial charge in [0.05, 0.1) is 39.8 Å². The van der Waals surface area contributed by atoms with Crippen molar-refractivity contribution >= 4 is 40.7 Å². The van der Waals surface area contributed by atoms with Crippen LogP contribution in [0.2, 0.25) is 0 Å². The van der Waals surface area contributed by atoms with Crippen LogP contribution >= 0.6 is 0 Å². The predicted molar refractivity (Wildman–Crippen MR) is 220 cm³/mol. The molecule has 0 unspecified atom stereocenters. The van der Waals surface area contributed by atoms with E-state index in [2.05, 4.69) is 0 Å². The number of allylic oxidation sites excluding steroid dienone is 1. The number of nitrogens with zero attached hydrogens (tertiary/aromatic N) is 8. The van der Waals surface area contributed by atoms with E-state index in [9.17, 15) is 10.8 Å². The summed E-state index contributed by atoms with van der Waals surface area (Å²) in [7, 11) is 0. The van der Waals surface area contributed by atoms with Crippen LogP contribution in [0.3, 0.4) is 0 Å². The Morgan fingerprint density at radius 2 is 0.768 bits per heavy atom. The first kappa shape index (κ1) is 32.7. The zero-order chi connectivity index (χ0) is 37.6. The van der Waals surface area contributed by atoms with Crippen molar-refractivity contribution in [3.63, 3.8) is 0 Å². The maximum absolute atomic E-state index is 9.97. The van der Waals surface area contributed by atoms with Gasteiger partial charge in [-0.05, 0) is 36.4 Å². The number of benzene rings is 4. The van der Waals surface area contributed by atoms with E-state index in [1.165, 1.54) is 0 Å². The molecule has 0 atom stereocenters. The molecule has 0 spiro atoms. The molecule has 4 aromatic carbocycles. The van der Waals surface area contributed by atoms with Gasteiger partial charge in [0.25, 0.3) is 0 Å². The molecule has 0 bridgehead atoms. The van der Waals surface area contributed by atoms with Crippen LogP contribution in [0.4, 0.5) is 23.5 Å². The molecule has 0 saturated heterocycles. The topological polar surface area (TPSA) is 132 Å². The lowest BCUT2D eigenvalue weighted by molar-refractivity contribution is 1.05. The van der Waals surface area contributed by atoms with Crippen molar-refractivity contribution < 1.29 is 0 Å². The Kier molecular flexibility index (Phi) is 7.85. The van der Waals surface area contributed by atoms with Crippen molar-refractivity contribution in [1.82, 2.24) is 29.9 Å². The third kappa shape index (κ3) is 5.52. The number of fused-ring (bicyclic) bond motifs is 2. The SMILES string of the molecule is N=C1/C(=C2\C(=N)N(c3nc(-c4ccccc4)cc(-c4ccccc4)n3)c3ncccc32)N(c2nc(-c3ccccc3)cc(-c3ccccc3)n2)c2ncccc21. The summed E-state index contributed by atoms with van der Waals surface area (Å²) >= 11 is 0. The fourth-order valence-electron chi connectivity index (χ4n) is 7.19. The minimum atomic E-state index is 0.0583. The average molecular weight is 723 g/mol. The number of nitrogens with one attached hydrogen (secondary N) is 2. The maximum Gasteiger partial charge on any atom is 0.238 e. The van der Waals surface area contributed by atoms with Crippen LogP contribution in [0.15, 0.2) is 176 Å². The van der Waals surface area contributed by atoms with Crippen LogP contribution in [-0.4, -0.2) is 41.5 Å². The molecule has 6 heterocycles. The number of pyridine rings is 2. The minimum absolute atomic E-state index is 0.0583. The van der Waals surface area contributed by atoms with Gasteiger partial charge in [-0.2, -0.15) is 0 Å². The van der Waals surface area contributed by atoms with E-state index < -0.39 is 0 Å². The van der Waals surface area contributed by atoms with Gasteiger partial charge >= 0.3 is 0 Å². The Bertz CT molecular complexity index is 2730. The van der Waals surface area contributed by atoms with Crippen molar-refractivity contribution in [2.75, 3.05) is 9.80 Å². The second kappa shape index (κ2) is 13.5. The highest BCUT2D eigenvalue weighted by Gasteiger charge is 2.43. The lowest BCUT2D eigenvalue weighted by Crippen LogP contribution is -2.26. The molecule has 10 rings (SSSR count). The molecule has 8 aromatic rings. The molecular formula is C46H30N10. The Hall–Kier alpha value is -7.98. The van der Waals surface area contributed by atoms with Crippen molar-refractivity contribution in [2.45, 2.75) is 0 Å². The Morgan fingerprint density at radius 3 is 1.20 bits per heavy atom. The number of aromatic nitrogens is 6. The molecular weight excluding hydrogens is 693 g/mol. The first-order chi connectivity index (χ1) is 27.6. The first-order valence-corrected chi connectivity index (χ1v) is 18.1. The fraction of sp³-hybridized carbons (Fsp3) is 0. The third-order valence-electron chi connectivity index (χ3n) is 9.80. The van der Waals surface area contributed by atoms with Gasteiger partial charge in [0.2, 0.25) is 11.9 Å². The van der Waals surface area contributed by atoms with E-state index in [0.717, 1.165) is 22.3 Å². The number of rotatable bonds is 6. The van der Waals surface area contributed by atoms with Crippen LogP contribution in [0.25, 0.3) is 50.6 Å². The van der Waals surface area contributed by atoms with E-state index in [0.29, 0.717) is 62.8 Å². The van der Waals surface area contributed by atoms with E-state index >= 15 is 0 Å². The molecule has 2 aliphatic heterocycles. The van der Waals surface area contributed by atoms with Gasteiger partial charge in [0.1, 0.15) is 17.5 Å². The van der Waals surface area contributed by atoms with Gasteiger partial charge in [-0.1, -0.05) is 121 Å². The fourth-order valence-corrected chi connectivity index (χ4v) is 7.19. The molecule has 4 aromatic heterocycles. The summed E-state index contributed by atoms with van der Waals surface area (Å²) in [4.78, 5) is 33.4. The zero-order valence-corrected chi connectivity index (χ0v) is 29.7. The van der Waals surface area contributed by atoms with E-state index in [1.54, 1.807) is 22.2 Å². The highest BCUT2D eigenvalue weighted by molar-refractivity contribution is 6.42. The normalized spacial score (nSPS) is 14.6. The van der Waals surface area contributed by atoms with Gasteiger partial charge in [0.15, 0.2) is 0 Å². The number of hydrogen-bond donors (Lipinski definition) is 2. The summed E-state index contributed by atoms with van der Waals surface area (Å²) in [5.41, 5.74) is 8.76. The van der Waals surface area contributed by atoms with Crippen LogP contribution in [0.1, 0.15) is 11.1 Å². The molecule has 2 N–H and O–H groups in total. The number of hydrogen-bond acceptors (Lipinski definition) is 9. The van der Waals surface area contributed by atoms with Gasteiger partial charge < -0.3 is 0 Å². The average Bonchev–Trinajstić information content (AvgIpc) is 3.73. The van der Waals surface area contributed by atoms with Gasteiger partial charge in [-0.3, -0.25) is 15.7 Å². The van der Waals surface area contributed by atoms with Crippen molar-refractivity contribution in [2.24, 2.45) is 0 Å². The van der Waals surface area contributed by atoms with Crippen molar-refractivity contribution in [1.29, 1.82) is 10.8 Å². The molecule has 10 heteroatoms. The summed E-state index contributed by atoms with van der Waals surface area (Å²) in [5.74, 6) is 1.63. The Balaban J connectivity index is 1.20. The Morgan fingerprint density at radius 1 is 0.393 bits per heavy atom. The van der Waals surface area contributed by atoms with Crippen molar-refractivity contribution in [3.05, 3.63) is 187 Å². The first-order valence-electron chi connectivity index (χ1n) is 18.1. The Labute approximate surface area is 322 Å². The molecule has 0 aliphatic carbocycles. The van der Waals surface area contributed by atoms with E-state index in [1.807, 2.05) is 158 Å². The molecule has 0 radical (unpaired) electrons. The smallest absolute Gasteiger partial charge is 0.238 e. The molecule has 56 heavy (non-hydrogen) atoms. The predicted octanol–water partition coefficient (Wildman–Crippen LogP) is 9.78. The summed E-state index contributed by atoms with van der Waals surface area (Å²) in [5, 5.41) is 19.7. The largest absolute Gasteiger partial charge is 0.298 e. The number of anilines is 4. The van der Waals surface area contributed by atoms with E-state index in [-0.39, 0.29) is 17.5 Å². The third-order valence-corrected chi connectivity index (χ3v) is 9.80. The van der Waals surface area contributed by atoms with E-state index in [4.69, 9.17) is 29.9 Å². The van der Waals surface area contributed by atoms with Crippen molar-refractivity contribution in [3.8, 4) is 45.0 Å². The quantitative estimate of drug-likeness (QED) is 0.173. The van der Waals surface area contributed by atoms with Crippen LogP contribution in [0, 0.1) is 10.8 Å². The monoisotopic (exact) mass is 722 g/mol. The maximum atomic E-state index is 9.97. The van der Waals surface area contributed by atoms with Crippen LogP contribution in [-0.2, 0) is 0 Å². The summed E-state index contributed by atoms with van der Waals surface area (Å²) < 4.78 is 0. The minimum Gasteiger partial charge on any atom is -0.298 e. The summed E-state index contributed by atoms with van der Waals surface area (Å²) in [6.45, 7) is 0. The lowest BCUT2D eigenvalue weighted by Gasteiger charge is -2.22. The molecule has 10 nitrogen and oxygen atoms in total. The highest BCUT2D eigenvalue weighted by atomic mass is 15.4. The lowest BCUT2D eigenvalue weighted by atomic mass is 10.0. The molecule has 2 aliphatic rings. The zero-order valence-electron chi connectivity index (χ0n) is 29.7. The second-order valence-electron chi connectivity index (χ2n) is 13.2. The molecule has 0 fully saturated rings. The summed E-state index contributed by atoms with van der Waals surface area (Å²) in [6, 6.07) is 51.1. The van der Waals surface area contributed by atoms with Crippen LogP contribution in [0.5, 0.6) is 0 Å². The highest BCUT2D eigenvalue weighted by Crippen LogP contribution is 2.47. The summed E-state index contributed by atoms with van der Waals surface area (Å²) in [6.07, 6.45) is 3.39. The molecule has 264 valence electrons. The van der Waals surface area contributed by atoms with Crippen LogP contribution < -0.4 is 9.80 Å². The van der Waals surface area contributed by atoms with Gasteiger partial charge in [-0.25, -0.2) is 34.8 Å². The van der Waals surface area contributed by atoms with Gasteiger partial charge in [-0.15, -0.1) is 0 Å². The number of amidine groups is 1. The second-order valence-corrected chi connectivity index (χ2v) is 13.2. The van der Waals surface area contributed by atoms with Gasteiger partial charge in [0, 0.05) is 45.8 Å². The molecule has 0 saturated carbocycles.